The van der Waals surface area contributed by atoms with Crippen LogP contribution in [0.4, 0.5) is 0 Å². The summed E-state index contributed by atoms with van der Waals surface area (Å²) in [6.07, 6.45) is 8.51. The van der Waals surface area contributed by atoms with Gasteiger partial charge in [0.1, 0.15) is 0 Å². The Hall–Kier alpha value is -0.0400. The first-order chi connectivity index (χ1) is 8.02. The maximum absolute atomic E-state index is 5.63. The van der Waals surface area contributed by atoms with Crippen molar-refractivity contribution in [1.29, 1.82) is 0 Å². The molecule has 0 bridgehead atoms. The van der Waals surface area contributed by atoms with Gasteiger partial charge >= 0.3 is 0 Å². The molecule has 1 rings (SSSR count). The van der Waals surface area contributed by atoms with Gasteiger partial charge in [0.15, 0.2) is 0 Å². The Labute approximate surface area is 108 Å². The second-order valence-electron chi connectivity index (χ2n) is 6.66. The van der Waals surface area contributed by atoms with Crippen LogP contribution in [0.5, 0.6) is 0 Å². The Morgan fingerprint density at radius 3 is 1.94 bits per heavy atom. The Balaban J connectivity index is 2.59. The monoisotopic (exact) mass is 240 g/mol. The third-order valence-corrected chi connectivity index (χ3v) is 4.74. The van der Waals surface area contributed by atoms with Gasteiger partial charge in [-0.15, -0.1) is 0 Å². The molecule has 0 saturated heterocycles. The maximum atomic E-state index is 5.63. The van der Waals surface area contributed by atoms with E-state index in [0.29, 0.717) is 6.10 Å². The van der Waals surface area contributed by atoms with Gasteiger partial charge in [0, 0.05) is 7.11 Å². The average Bonchev–Trinajstić information content (AvgIpc) is 2.27. The van der Waals surface area contributed by atoms with Crippen LogP contribution in [0.2, 0.25) is 0 Å². The van der Waals surface area contributed by atoms with E-state index in [2.05, 4.69) is 27.7 Å². The lowest BCUT2D eigenvalue weighted by molar-refractivity contribution is 0.0698. The third kappa shape index (κ3) is 5.42. The van der Waals surface area contributed by atoms with Crippen LogP contribution >= 0.6 is 0 Å². The highest BCUT2D eigenvalue weighted by Gasteiger charge is 2.21. The molecule has 0 N–H and O–H groups in total. The number of hydrogen-bond acceptors (Lipinski definition) is 1. The molecular weight excluding hydrogens is 208 g/mol. The van der Waals surface area contributed by atoms with Crippen molar-refractivity contribution in [2.75, 3.05) is 7.11 Å². The van der Waals surface area contributed by atoms with Gasteiger partial charge in [-0.3, -0.25) is 0 Å². The highest BCUT2D eigenvalue weighted by molar-refractivity contribution is 4.73. The predicted octanol–water partition coefficient (Wildman–Crippen LogP) is 4.90. The molecule has 0 radical (unpaired) electrons. The molecule has 1 aliphatic rings. The Morgan fingerprint density at radius 1 is 0.765 bits per heavy atom. The average molecular weight is 240 g/mol. The Kier molecular flexibility index (Phi) is 6.54. The van der Waals surface area contributed by atoms with Crippen molar-refractivity contribution < 1.29 is 4.74 Å². The summed E-state index contributed by atoms with van der Waals surface area (Å²) in [5.74, 6) is 3.44. The van der Waals surface area contributed by atoms with Crippen molar-refractivity contribution in [2.24, 2.45) is 23.7 Å². The first kappa shape index (κ1) is 15.0. The van der Waals surface area contributed by atoms with E-state index in [1.807, 2.05) is 7.11 Å². The van der Waals surface area contributed by atoms with Crippen molar-refractivity contribution in [3.63, 3.8) is 0 Å². The molecule has 1 fully saturated rings. The van der Waals surface area contributed by atoms with Gasteiger partial charge < -0.3 is 4.74 Å². The van der Waals surface area contributed by atoms with E-state index >= 15 is 0 Å². The molecule has 1 heteroatoms. The van der Waals surface area contributed by atoms with Crippen molar-refractivity contribution >= 4 is 0 Å². The molecule has 0 aliphatic heterocycles. The molecule has 0 spiro atoms. The Morgan fingerprint density at radius 2 is 1.35 bits per heavy atom. The van der Waals surface area contributed by atoms with Gasteiger partial charge in [-0.05, 0) is 49.4 Å². The van der Waals surface area contributed by atoms with E-state index in [1.165, 1.54) is 38.5 Å². The van der Waals surface area contributed by atoms with Gasteiger partial charge in [0.05, 0.1) is 6.10 Å². The normalized spacial score (nSPS) is 41.8. The van der Waals surface area contributed by atoms with Gasteiger partial charge in [0.25, 0.3) is 0 Å². The molecule has 1 aliphatic carbocycles. The molecule has 5 unspecified atom stereocenters. The summed E-state index contributed by atoms with van der Waals surface area (Å²) in [5.41, 5.74) is 0. The van der Waals surface area contributed by atoms with Crippen molar-refractivity contribution in [3.05, 3.63) is 0 Å². The van der Waals surface area contributed by atoms with Gasteiger partial charge in [-0.1, -0.05) is 40.5 Å². The van der Waals surface area contributed by atoms with E-state index in [4.69, 9.17) is 4.74 Å². The first-order valence-corrected chi connectivity index (χ1v) is 7.55. The minimum Gasteiger partial charge on any atom is -0.381 e. The van der Waals surface area contributed by atoms with E-state index in [1.54, 1.807) is 0 Å². The van der Waals surface area contributed by atoms with Gasteiger partial charge in [-0.2, -0.15) is 0 Å². The second kappa shape index (κ2) is 7.41. The highest BCUT2D eigenvalue weighted by Crippen LogP contribution is 2.31. The molecule has 0 heterocycles. The highest BCUT2D eigenvalue weighted by atomic mass is 16.5. The molecule has 1 nitrogen and oxygen atoms in total. The van der Waals surface area contributed by atoms with E-state index in [9.17, 15) is 0 Å². The fourth-order valence-electron chi connectivity index (χ4n) is 3.42. The molecular formula is C16H32O. The lowest BCUT2D eigenvalue weighted by Crippen LogP contribution is -2.18. The number of ether oxygens (including phenoxy) is 1. The van der Waals surface area contributed by atoms with Crippen LogP contribution in [0.3, 0.4) is 0 Å². The summed E-state index contributed by atoms with van der Waals surface area (Å²) in [5, 5.41) is 0. The largest absolute Gasteiger partial charge is 0.381 e. The fourth-order valence-corrected chi connectivity index (χ4v) is 3.42. The molecule has 0 aromatic heterocycles. The van der Waals surface area contributed by atoms with Crippen LogP contribution in [0.25, 0.3) is 0 Å². The standard InChI is InChI=1S/C16H32O/c1-12-7-6-8-16(17-5)11-13(2)10-15(4)14(3)9-12/h12-16H,6-11H2,1-5H3. The number of rotatable bonds is 1. The van der Waals surface area contributed by atoms with Crippen LogP contribution in [0, 0.1) is 23.7 Å². The van der Waals surface area contributed by atoms with Crippen molar-refractivity contribution in [2.45, 2.75) is 72.3 Å². The quantitative estimate of drug-likeness (QED) is 0.633. The molecule has 0 aromatic carbocycles. The molecule has 17 heavy (non-hydrogen) atoms. The topological polar surface area (TPSA) is 9.23 Å². The summed E-state index contributed by atoms with van der Waals surface area (Å²) in [6, 6.07) is 0. The van der Waals surface area contributed by atoms with Crippen LogP contribution in [-0.2, 0) is 4.74 Å². The van der Waals surface area contributed by atoms with Crippen LogP contribution in [0.1, 0.15) is 66.2 Å². The van der Waals surface area contributed by atoms with Crippen LogP contribution in [-0.4, -0.2) is 13.2 Å². The fraction of sp³-hybridized carbons (Fsp3) is 1.00. The summed E-state index contributed by atoms with van der Waals surface area (Å²) >= 11 is 0. The zero-order valence-corrected chi connectivity index (χ0v) is 12.5. The summed E-state index contributed by atoms with van der Waals surface area (Å²) in [6.45, 7) is 9.70. The van der Waals surface area contributed by atoms with Crippen LogP contribution in [0.15, 0.2) is 0 Å². The minimum absolute atomic E-state index is 0.498. The van der Waals surface area contributed by atoms with Crippen molar-refractivity contribution in [1.82, 2.24) is 0 Å². The van der Waals surface area contributed by atoms with E-state index in [-0.39, 0.29) is 0 Å². The maximum Gasteiger partial charge on any atom is 0.0573 e. The van der Waals surface area contributed by atoms with Crippen molar-refractivity contribution in [3.8, 4) is 0 Å². The molecule has 1 saturated carbocycles. The molecule has 102 valence electrons. The zero-order valence-electron chi connectivity index (χ0n) is 12.5. The van der Waals surface area contributed by atoms with Gasteiger partial charge in [0.2, 0.25) is 0 Å². The third-order valence-electron chi connectivity index (χ3n) is 4.74. The smallest absolute Gasteiger partial charge is 0.0573 e. The molecule has 5 atom stereocenters. The van der Waals surface area contributed by atoms with E-state index < -0.39 is 0 Å². The number of hydrogen-bond donors (Lipinski definition) is 0. The predicted molar refractivity (Wildman–Crippen MR) is 75.2 cm³/mol. The molecule has 0 aromatic rings. The van der Waals surface area contributed by atoms with Gasteiger partial charge in [-0.25, -0.2) is 0 Å². The summed E-state index contributed by atoms with van der Waals surface area (Å²) in [4.78, 5) is 0. The molecule has 0 amide bonds. The summed E-state index contributed by atoms with van der Waals surface area (Å²) in [7, 11) is 1.88. The van der Waals surface area contributed by atoms with E-state index in [0.717, 1.165) is 23.7 Å². The lowest BCUT2D eigenvalue weighted by atomic mass is 9.81. The lowest BCUT2D eigenvalue weighted by Gasteiger charge is -2.25. The SMILES string of the molecule is COC1CCCC(C)CC(C)C(C)CC(C)C1. The number of methoxy groups -OCH3 is 1. The zero-order chi connectivity index (χ0) is 12.8. The van der Waals surface area contributed by atoms with Crippen LogP contribution < -0.4 is 0 Å². The second-order valence-corrected chi connectivity index (χ2v) is 6.66. The Bertz CT molecular complexity index is 202. The summed E-state index contributed by atoms with van der Waals surface area (Å²) < 4.78 is 5.63. The first-order valence-electron chi connectivity index (χ1n) is 7.55. The minimum atomic E-state index is 0.498.